The summed E-state index contributed by atoms with van der Waals surface area (Å²) >= 11 is 3.91. The molecule has 0 saturated heterocycles. The van der Waals surface area contributed by atoms with Crippen LogP contribution < -0.4 is 0 Å². The summed E-state index contributed by atoms with van der Waals surface area (Å²) in [6.45, 7) is 4.57. The Bertz CT molecular complexity index is 2210. The molecule has 256 valence electrons. The molecule has 0 aliphatic heterocycles. The molecular formula is C46H49NOS2. The van der Waals surface area contributed by atoms with Crippen molar-refractivity contribution in [2.45, 2.75) is 104 Å². The fourth-order valence-electron chi connectivity index (χ4n) is 7.81. The lowest BCUT2D eigenvalue weighted by atomic mass is 10.0. The molecule has 0 bridgehead atoms. The van der Waals surface area contributed by atoms with Crippen LogP contribution >= 0.6 is 22.7 Å². The third kappa shape index (κ3) is 6.77. The van der Waals surface area contributed by atoms with E-state index in [9.17, 15) is 0 Å². The lowest BCUT2D eigenvalue weighted by molar-refractivity contribution is 0.609. The van der Waals surface area contributed by atoms with Gasteiger partial charge in [0, 0.05) is 57.3 Å². The number of rotatable bonds is 16. The molecule has 4 heterocycles. The molecule has 4 aromatic carbocycles. The van der Waals surface area contributed by atoms with E-state index < -0.39 is 0 Å². The third-order valence-corrected chi connectivity index (χ3v) is 13.0. The Kier molecular flexibility index (Phi) is 10.1. The second-order valence-corrected chi connectivity index (χ2v) is 16.6. The highest BCUT2D eigenvalue weighted by atomic mass is 32.1. The van der Waals surface area contributed by atoms with Crippen molar-refractivity contribution in [3.63, 3.8) is 0 Å². The van der Waals surface area contributed by atoms with Gasteiger partial charge in [0.25, 0.3) is 0 Å². The number of aryl methyl sites for hydroxylation is 2. The van der Waals surface area contributed by atoms with E-state index in [4.69, 9.17) is 4.42 Å². The largest absolute Gasteiger partial charge is 0.455 e. The van der Waals surface area contributed by atoms with Crippen molar-refractivity contribution >= 4 is 77.2 Å². The fourth-order valence-corrected chi connectivity index (χ4v) is 9.90. The number of unbranched alkanes of at least 4 members (excludes halogenated alkanes) is 10. The van der Waals surface area contributed by atoms with Gasteiger partial charge in [0.1, 0.15) is 11.2 Å². The summed E-state index contributed by atoms with van der Waals surface area (Å²) in [6, 6.07) is 32.0. The highest BCUT2D eigenvalue weighted by Crippen LogP contribution is 2.41. The molecule has 0 radical (unpaired) electrons. The summed E-state index contributed by atoms with van der Waals surface area (Å²) < 4.78 is 6.60. The normalized spacial score (nSPS) is 12.1. The van der Waals surface area contributed by atoms with E-state index in [2.05, 4.69) is 104 Å². The minimum atomic E-state index is 0.952. The molecule has 2 nitrogen and oxygen atoms in total. The number of hydrogen-bond donors (Lipinski definition) is 1. The molecule has 0 aliphatic carbocycles. The van der Waals surface area contributed by atoms with Gasteiger partial charge >= 0.3 is 0 Å². The van der Waals surface area contributed by atoms with Gasteiger partial charge in [-0.3, -0.25) is 0 Å². The number of H-pyrrole nitrogens is 1. The Labute approximate surface area is 304 Å². The van der Waals surface area contributed by atoms with Crippen LogP contribution in [0.4, 0.5) is 0 Å². The number of hydrogen-bond acceptors (Lipinski definition) is 3. The van der Waals surface area contributed by atoms with Crippen LogP contribution in [0.5, 0.6) is 0 Å². The predicted molar refractivity (Wildman–Crippen MR) is 221 cm³/mol. The quantitative estimate of drug-likeness (QED) is 0.100. The van der Waals surface area contributed by atoms with Crippen LogP contribution in [0.25, 0.3) is 75.4 Å². The third-order valence-electron chi connectivity index (χ3n) is 10.6. The number of thiophene rings is 2. The Hall–Kier alpha value is -3.86. The van der Waals surface area contributed by atoms with E-state index in [1.165, 1.54) is 158 Å². The van der Waals surface area contributed by atoms with Gasteiger partial charge in [-0.1, -0.05) is 96.3 Å². The first-order chi connectivity index (χ1) is 24.7. The molecule has 0 saturated carbocycles. The summed E-state index contributed by atoms with van der Waals surface area (Å²) in [5, 5.41) is 7.30. The molecule has 0 atom stereocenters. The van der Waals surface area contributed by atoms with Gasteiger partial charge in [-0.25, -0.2) is 0 Å². The molecular weight excluding hydrogens is 647 g/mol. The van der Waals surface area contributed by atoms with Crippen molar-refractivity contribution in [2.75, 3.05) is 0 Å². The average molecular weight is 696 g/mol. The number of furan rings is 1. The molecule has 1 N–H and O–H groups in total. The maximum atomic E-state index is 6.60. The molecule has 8 aromatic rings. The van der Waals surface area contributed by atoms with Crippen LogP contribution in [-0.2, 0) is 12.8 Å². The monoisotopic (exact) mass is 695 g/mol. The zero-order valence-corrected chi connectivity index (χ0v) is 31.3. The van der Waals surface area contributed by atoms with E-state index in [1.807, 2.05) is 22.7 Å². The van der Waals surface area contributed by atoms with Gasteiger partial charge in [-0.05, 0) is 104 Å². The van der Waals surface area contributed by atoms with E-state index in [0.29, 0.717) is 0 Å². The second kappa shape index (κ2) is 15.2. The van der Waals surface area contributed by atoms with Crippen LogP contribution in [0.3, 0.4) is 0 Å². The lowest BCUT2D eigenvalue weighted by Crippen LogP contribution is -1.82. The topological polar surface area (TPSA) is 28.9 Å². The predicted octanol–water partition coefficient (Wildman–Crippen LogP) is 15.6. The molecule has 8 rings (SSSR count). The zero-order valence-electron chi connectivity index (χ0n) is 29.7. The Morgan fingerprint density at radius 3 is 1.64 bits per heavy atom. The summed E-state index contributed by atoms with van der Waals surface area (Å²) in [5.74, 6) is 0. The first-order valence-corrected chi connectivity index (χ1v) is 20.8. The Morgan fingerprint density at radius 2 is 1.00 bits per heavy atom. The minimum Gasteiger partial charge on any atom is -0.455 e. The number of aromatic nitrogens is 1. The molecule has 0 unspecified atom stereocenters. The first-order valence-electron chi connectivity index (χ1n) is 19.2. The molecule has 0 fully saturated rings. The van der Waals surface area contributed by atoms with Crippen LogP contribution in [0.1, 0.15) is 101 Å². The maximum absolute atomic E-state index is 6.60. The molecule has 50 heavy (non-hydrogen) atoms. The SMILES string of the molecule is CCCCCCCCc1ccc(-c2ccc3[nH]c4c(ccc5c4ccc4c6cc(-c7ccc(CCCCCCCC)s7)ccc6oc45)c3c2)s1. The van der Waals surface area contributed by atoms with Gasteiger partial charge in [-0.15, -0.1) is 22.7 Å². The Balaban J connectivity index is 1.04. The van der Waals surface area contributed by atoms with Crippen molar-refractivity contribution in [2.24, 2.45) is 0 Å². The van der Waals surface area contributed by atoms with Crippen molar-refractivity contribution in [1.82, 2.24) is 4.98 Å². The molecule has 0 amide bonds. The van der Waals surface area contributed by atoms with E-state index >= 15 is 0 Å². The van der Waals surface area contributed by atoms with Gasteiger partial charge in [0.05, 0.1) is 5.52 Å². The summed E-state index contributed by atoms with van der Waals surface area (Å²) in [6.07, 6.45) is 18.5. The van der Waals surface area contributed by atoms with Crippen molar-refractivity contribution < 1.29 is 4.42 Å². The van der Waals surface area contributed by atoms with Crippen LogP contribution in [0.15, 0.2) is 89.3 Å². The standard InChI is InChI=1S/C46H49NOS2/c1-3-5-7-9-11-13-15-33-19-27-43(49-33)31-17-25-41-39(29-31)36-22-23-37-35(45(36)47-41)21-24-38-40-30-32(18-26-42(40)48-46(37)38)44-28-20-34(50-44)16-14-12-10-8-6-4-2/h17-30,47H,3-16H2,1-2H3. The van der Waals surface area contributed by atoms with Gasteiger partial charge in [0.2, 0.25) is 0 Å². The average Bonchev–Trinajstić information content (AvgIpc) is 3.95. The summed E-state index contributed by atoms with van der Waals surface area (Å²) in [5.41, 5.74) is 6.88. The summed E-state index contributed by atoms with van der Waals surface area (Å²) in [7, 11) is 0. The van der Waals surface area contributed by atoms with Crippen LogP contribution in [-0.4, -0.2) is 4.98 Å². The van der Waals surface area contributed by atoms with Gasteiger partial charge < -0.3 is 9.40 Å². The molecule has 0 spiro atoms. The van der Waals surface area contributed by atoms with Gasteiger partial charge in [-0.2, -0.15) is 0 Å². The minimum absolute atomic E-state index is 0.952. The smallest absolute Gasteiger partial charge is 0.143 e. The Morgan fingerprint density at radius 1 is 0.480 bits per heavy atom. The van der Waals surface area contributed by atoms with Crippen molar-refractivity contribution in [3.05, 3.63) is 94.7 Å². The maximum Gasteiger partial charge on any atom is 0.143 e. The summed E-state index contributed by atoms with van der Waals surface area (Å²) in [4.78, 5) is 9.49. The highest BCUT2D eigenvalue weighted by molar-refractivity contribution is 7.15. The molecule has 0 aliphatic rings. The van der Waals surface area contributed by atoms with Crippen LogP contribution in [0, 0.1) is 0 Å². The van der Waals surface area contributed by atoms with Crippen molar-refractivity contribution in [1.29, 1.82) is 0 Å². The number of nitrogens with one attached hydrogen (secondary N) is 1. The first kappa shape index (κ1) is 33.3. The number of benzene rings is 4. The van der Waals surface area contributed by atoms with Crippen LogP contribution in [0.2, 0.25) is 0 Å². The second-order valence-electron chi connectivity index (χ2n) is 14.3. The fraction of sp³-hybridized carbons (Fsp3) is 0.348. The van der Waals surface area contributed by atoms with Crippen molar-refractivity contribution in [3.8, 4) is 20.9 Å². The van der Waals surface area contributed by atoms with E-state index in [-0.39, 0.29) is 0 Å². The molecule has 4 aromatic heterocycles. The van der Waals surface area contributed by atoms with E-state index in [0.717, 1.165) is 16.6 Å². The van der Waals surface area contributed by atoms with E-state index in [1.54, 1.807) is 0 Å². The zero-order chi connectivity index (χ0) is 33.9. The van der Waals surface area contributed by atoms with Gasteiger partial charge in [0.15, 0.2) is 0 Å². The molecule has 4 heteroatoms. The number of aromatic amines is 1. The number of fused-ring (bicyclic) bond motifs is 9. The lowest BCUT2D eigenvalue weighted by Gasteiger charge is -2.02. The highest BCUT2D eigenvalue weighted by Gasteiger charge is 2.16.